The zero-order chi connectivity index (χ0) is 6.85. The van der Waals surface area contributed by atoms with E-state index in [1.165, 1.54) is 0 Å². The first kappa shape index (κ1) is 6.87. The number of hydrogen-bond acceptors (Lipinski definition) is 1. The van der Waals surface area contributed by atoms with Crippen LogP contribution in [0.25, 0.3) is 0 Å². The van der Waals surface area contributed by atoms with Crippen LogP contribution in [-0.4, -0.2) is 22.9 Å². The van der Waals surface area contributed by atoms with Crippen molar-refractivity contribution >= 4 is 17.0 Å². The summed E-state index contributed by atoms with van der Waals surface area (Å²) in [5, 5.41) is -0.306. The van der Waals surface area contributed by atoms with E-state index < -0.39 is 0 Å². The molecule has 2 nitrogen and oxygen atoms in total. The SMILES string of the molecule is C[C@@H]1CCCN1C(=O)Cl. The molecule has 52 valence electrons. The molecule has 9 heavy (non-hydrogen) atoms. The second kappa shape index (κ2) is 2.56. The minimum absolute atomic E-state index is 0.306. The maximum atomic E-state index is 10.5. The van der Waals surface area contributed by atoms with Crippen molar-refractivity contribution in [2.75, 3.05) is 6.54 Å². The Morgan fingerprint density at radius 2 is 2.44 bits per heavy atom. The fourth-order valence-electron chi connectivity index (χ4n) is 1.19. The molecule has 0 saturated carbocycles. The number of amides is 1. The van der Waals surface area contributed by atoms with Gasteiger partial charge >= 0.3 is 5.37 Å². The van der Waals surface area contributed by atoms with Crippen LogP contribution in [0, 0.1) is 0 Å². The van der Waals surface area contributed by atoms with Crippen LogP contribution in [0.15, 0.2) is 0 Å². The van der Waals surface area contributed by atoms with Crippen molar-refractivity contribution < 1.29 is 4.79 Å². The Hall–Kier alpha value is -0.240. The first-order valence-electron chi connectivity index (χ1n) is 3.18. The smallest absolute Gasteiger partial charge is 0.316 e. The van der Waals surface area contributed by atoms with Gasteiger partial charge in [0, 0.05) is 12.6 Å². The predicted molar refractivity (Wildman–Crippen MR) is 36.7 cm³/mol. The molecular weight excluding hydrogens is 138 g/mol. The van der Waals surface area contributed by atoms with Crippen LogP contribution in [0.5, 0.6) is 0 Å². The molecule has 0 aromatic rings. The second-order valence-electron chi connectivity index (χ2n) is 2.44. The molecule has 3 heteroatoms. The van der Waals surface area contributed by atoms with Gasteiger partial charge in [0.15, 0.2) is 0 Å². The standard InChI is InChI=1S/C6H10ClNO/c1-5-3-2-4-8(5)6(7)9/h5H,2-4H2,1H3/t5-/m1/s1. The topological polar surface area (TPSA) is 20.3 Å². The molecule has 0 N–H and O–H groups in total. The van der Waals surface area contributed by atoms with Crippen LogP contribution in [0.1, 0.15) is 19.8 Å². The van der Waals surface area contributed by atoms with Crippen molar-refractivity contribution in [1.82, 2.24) is 4.90 Å². The van der Waals surface area contributed by atoms with Gasteiger partial charge in [-0.25, -0.2) is 0 Å². The average molecular weight is 148 g/mol. The zero-order valence-electron chi connectivity index (χ0n) is 5.43. The van der Waals surface area contributed by atoms with Crippen molar-refractivity contribution in [3.63, 3.8) is 0 Å². The lowest BCUT2D eigenvalue weighted by Crippen LogP contribution is -2.28. The molecule has 0 aromatic carbocycles. The van der Waals surface area contributed by atoms with Gasteiger partial charge in [-0.2, -0.15) is 0 Å². The van der Waals surface area contributed by atoms with Crippen LogP contribution in [0.4, 0.5) is 4.79 Å². The molecule has 0 aromatic heterocycles. The summed E-state index contributed by atoms with van der Waals surface area (Å²) in [6, 6.07) is 0.356. The Bertz CT molecular complexity index is 126. The van der Waals surface area contributed by atoms with E-state index in [9.17, 15) is 4.79 Å². The molecule has 1 heterocycles. The first-order valence-corrected chi connectivity index (χ1v) is 3.55. The summed E-state index contributed by atoms with van der Waals surface area (Å²) in [5.41, 5.74) is 0. The molecule has 0 spiro atoms. The first-order chi connectivity index (χ1) is 4.22. The molecule has 1 saturated heterocycles. The largest absolute Gasteiger partial charge is 0.327 e. The zero-order valence-corrected chi connectivity index (χ0v) is 6.19. The molecule has 0 unspecified atom stereocenters. The number of hydrogen-bond donors (Lipinski definition) is 0. The molecule has 1 aliphatic heterocycles. The number of halogens is 1. The van der Waals surface area contributed by atoms with Gasteiger partial charge in [0.1, 0.15) is 0 Å². The minimum atomic E-state index is -0.306. The number of nitrogens with zero attached hydrogens (tertiary/aromatic N) is 1. The molecule has 0 aliphatic carbocycles. The van der Waals surface area contributed by atoms with Gasteiger partial charge < -0.3 is 4.90 Å². The van der Waals surface area contributed by atoms with E-state index in [1.54, 1.807) is 4.90 Å². The summed E-state index contributed by atoms with van der Waals surface area (Å²) < 4.78 is 0. The van der Waals surface area contributed by atoms with E-state index in [0.717, 1.165) is 19.4 Å². The lowest BCUT2D eigenvalue weighted by molar-refractivity contribution is 0.220. The highest BCUT2D eigenvalue weighted by Crippen LogP contribution is 2.17. The third-order valence-corrected chi connectivity index (χ3v) is 2.00. The third-order valence-electron chi connectivity index (χ3n) is 1.78. The minimum Gasteiger partial charge on any atom is -0.327 e. The Morgan fingerprint density at radius 3 is 2.67 bits per heavy atom. The molecular formula is C6H10ClNO. The van der Waals surface area contributed by atoms with Crippen LogP contribution in [0.3, 0.4) is 0 Å². The monoisotopic (exact) mass is 147 g/mol. The van der Waals surface area contributed by atoms with Gasteiger partial charge in [-0.05, 0) is 31.4 Å². The Kier molecular flexibility index (Phi) is 1.96. The van der Waals surface area contributed by atoms with E-state index in [4.69, 9.17) is 11.6 Å². The van der Waals surface area contributed by atoms with E-state index >= 15 is 0 Å². The van der Waals surface area contributed by atoms with Crippen molar-refractivity contribution in [3.8, 4) is 0 Å². The predicted octanol–water partition coefficient (Wildman–Crippen LogP) is 1.83. The summed E-state index contributed by atoms with van der Waals surface area (Å²) in [6.45, 7) is 2.86. The highest BCUT2D eigenvalue weighted by Gasteiger charge is 2.22. The molecule has 1 amide bonds. The summed E-state index contributed by atoms with van der Waals surface area (Å²) in [5.74, 6) is 0. The number of carbonyl (C=O) groups excluding carboxylic acids is 1. The van der Waals surface area contributed by atoms with Gasteiger partial charge in [0.05, 0.1) is 0 Å². The lowest BCUT2D eigenvalue weighted by Gasteiger charge is -2.16. The van der Waals surface area contributed by atoms with Gasteiger partial charge in [-0.3, -0.25) is 4.79 Å². The molecule has 1 atom stereocenters. The highest BCUT2D eigenvalue weighted by atomic mass is 35.5. The number of rotatable bonds is 0. The normalized spacial score (nSPS) is 26.9. The summed E-state index contributed by atoms with van der Waals surface area (Å²) >= 11 is 5.27. The Balaban J connectivity index is 2.49. The fraction of sp³-hybridized carbons (Fsp3) is 0.833. The Labute approximate surface area is 59.8 Å². The van der Waals surface area contributed by atoms with E-state index in [0.29, 0.717) is 6.04 Å². The maximum Gasteiger partial charge on any atom is 0.316 e. The maximum absolute atomic E-state index is 10.5. The Morgan fingerprint density at radius 1 is 1.78 bits per heavy atom. The second-order valence-corrected chi connectivity index (χ2v) is 2.76. The fourth-order valence-corrected chi connectivity index (χ4v) is 1.45. The van der Waals surface area contributed by atoms with Gasteiger partial charge in [-0.1, -0.05) is 0 Å². The van der Waals surface area contributed by atoms with Crippen LogP contribution in [-0.2, 0) is 0 Å². The molecule has 0 radical (unpaired) electrons. The summed E-state index contributed by atoms with van der Waals surface area (Å²) in [7, 11) is 0. The van der Waals surface area contributed by atoms with Crippen molar-refractivity contribution in [3.05, 3.63) is 0 Å². The van der Waals surface area contributed by atoms with Gasteiger partial charge in [-0.15, -0.1) is 0 Å². The number of likely N-dealkylation sites (tertiary alicyclic amines) is 1. The molecule has 0 bridgehead atoms. The molecule has 1 aliphatic rings. The van der Waals surface area contributed by atoms with Crippen molar-refractivity contribution in [2.24, 2.45) is 0 Å². The van der Waals surface area contributed by atoms with Crippen LogP contribution in [0.2, 0.25) is 0 Å². The van der Waals surface area contributed by atoms with Crippen molar-refractivity contribution in [2.45, 2.75) is 25.8 Å². The van der Waals surface area contributed by atoms with E-state index in [2.05, 4.69) is 0 Å². The van der Waals surface area contributed by atoms with Gasteiger partial charge in [0.25, 0.3) is 0 Å². The summed E-state index contributed by atoms with van der Waals surface area (Å²) in [4.78, 5) is 12.2. The van der Waals surface area contributed by atoms with Gasteiger partial charge in [0.2, 0.25) is 0 Å². The van der Waals surface area contributed by atoms with Crippen LogP contribution < -0.4 is 0 Å². The van der Waals surface area contributed by atoms with E-state index in [1.807, 2.05) is 6.92 Å². The van der Waals surface area contributed by atoms with Crippen LogP contribution >= 0.6 is 11.6 Å². The highest BCUT2D eigenvalue weighted by molar-refractivity contribution is 6.62. The van der Waals surface area contributed by atoms with E-state index in [-0.39, 0.29) is 5.37 Å². The lowest BCUT2D eigenvalue weighted by atomic mass is 10.2. The number of carbonyl (C=O) groups is 1. The quantitative estimate of drug-likeness (QED) is 0.378. The van der Waals surface area contributed by atoms with Crippen molar-refractivity contribution in [1.29, 1.82) is 0 Å². The molecule has 1 fully saturated rings. The summed E-state index contributed by atoms with van der Waals surface area (Å²) in [6.07, 6.45) is 2.19. The average Bonchev–Trinajstić information content (AvgIpc) is 2.13. The third kappa shape index (κ3) is 1.36. The molecule has 1 rings (SSSR count).